The molecule has 1 aromatic heterocycles. The maximum absolute atomic E-state index is 5.81. The van der Waals surface area contributed by atoms with Gasteiger partial charge in [-0.3, -0.25) is 9.47 Å². The second-order valence-electron chi connectivity index (χ2n) is 6.70. The number of hydrogen-bond donors (Lipinski definition) is 0. The summed E-state index contributed by atoms with van der Waals surface area (Å²) in [5.41, 5.74) is 2.05. The molecular weight excluding hydrogens is 356 g/mol. The van der Waals surface area contributed by atoms with Gasteiger partial charge in [0.25, 0.3) is 0 Å². The molecule has 3 aromatic rings. The van der Waals surface area contributed by atoms with Crippen molar-refractivity contribution in [2.75, 3.05) is 19.7 Å². The fourth-order valence-electron chi connectivity index (χ4n) is 3.48. The van der Waals surface area contributed by atoms with E-state index in [0.717, 1.165) is 47.4 Å². The molecule has 0 radical (unpaired) electrons. The smallest absolute Gasteiger partial charge is 0.204 e. The molecule has 1 aliphatic heterocycles. The third-order valence-electron chi connectivity index (χ3n) is 4.81. The van der Waals surface area contributed by atoms with E-state index in [1.165, 1.54) is 12.8 Å². The first-order valence-corrected chi connectivity index (χ1v) is 9.88. The number of benzene rings is 2. The molecule has 0 aliphatic carbocycles. The second kappa shape index (κ2) is 8.06. The minimum atomic E-state index is 0.657. The Kier molecular flexibility index (Phi) is 5.36. The predicted molar refractivity (Wildman–Crippen MR) is 110 cm³/mol. The van der Waals surface area contributed by atoms with Gasteiger partial charge in [0.15, 0.2) is 5.82 Å². The molecule has 27 heavy (non-hydrogen) atoms. The Labute approximate surface area is 164 Å². The summed E-state index contributed by atoms with van der Waals surface area (Å²) in [6.45, 7) is 5.60. The minimum Gasteiger partial charge on any atom is -0.494 e. The zero-order valence-corrected chi connectivity index (χ0v) is 16.4. The monoisotopic (exact) mass is 380 g/mol. The molecule has 2 aromatic carbocycles. The topological polar surface area (TPSA) is 35.2 Å². The van der Waals surface area contributed by atoms with E-state index in [1.54, 1.807) is 0 Å². The summed E-state index contributed by atoms with van der Waals surface area (Å²) in [5, 5.41) is 4.89. The lowest BCUT2D eigenvalue weighted by atomic mass is 10.2. The summed E-state index contributed by atoms with van der Waals surface area (Å²) in [6, 6.07) is 18.2. The molecule has 5 nitrogen and oxygen atoms in total. The Balaban J connectivity index is 1.77. The Morgan fingerprint density at radius 3 is 2.37 bits per heavy atom. The lowest BCUT2D eigenvalue weighted by Crippen LogP contribution is -2.23. The molecule has 0 bridgehead atoms. The highest BCUT2D eigenvalue weighted by Gasteiger charge is 2.18. The van der Waals surface area contributed by atoms with Crippen LogP contribution in [0.15, 0.2) is 54.6 Å². The van der Waals surface area contributed by atoms with E-state index in [1.807, 2.05) is 54.1 Å². The highest BCUT2D eigenvalue weighted by atomic mass is 32.1. The van der Waals surface area contributed by atoms with Crippen LogP contribution in [0.2, 0.25) is 0 Å². The van der Waals surface area contributed by atoms with Gasteiger partial charge in [0.2, 0.25) is 4.77 Å². The van der Waals surface area contributed by atoms with Gasteiger partial charge in [0.1, 0.15) is 5.75 Å². The second-order valence-corrected chi connectivity index (χ2v) is 7.07. The zero-order valence-electron chi connectivity index (χ0n) is 15.5. The maximum Gasteiger partial charge on any atom is 0.204 e. The summed E-state index contributed by atoms with van der Waals surface area (Å²) in [7, 11) is 0. The quantitative estimate of drug-likeness (QED) is 0.589. The highest BCUT2D eigenvalue weighted by Crippen LogP contribution is 2.25. The van der Waals surface area contributed by atoms with Crippen molar-refractivity contribution in [1.29, 1.82) is 0 Å². The standard InChI is InChI=1S/C21H24N4OS/c1-2-26-19-12-10-17(11-13-19)20-22-24(16-23-14-6-7-15-23)21(27)25(20)18-8-4-3-5-9-18/h3-5,8-13H,2,6-7,14-16H2,1H3. The van der Waals surface area contributed by atoms with Gasteiger partial charge in [0.05, 0.1) is 13.3 Å². The molecular formula is C21H24N4OS. The average molecular weight is 381 g/mol. The molecule has 1 fully saturated rings. The summed E-state index contributed by atoms with van der Waals surface area (Å²) in [4.78, 5) is 2.40. The largest absolute Gasteiger partial charge is 0.494 e. The Bertz CT molecular complexity index is 941. The number of ether oxygens (including phenoxy) is 1. The number of aromatic nitrogens is 3. The van der Waals surface area contributed by atoms with Crippen LogP contribution in [-0.4, -0.2) is 38.9 Å². The predicted octanol–water partition coefficient (Wildman–Crippen LogP) is 4.52. The highest BCUT2D eigenvalue weighted by molar-refractivity contribution is 7.71. The van der Waals surface area contributed by atoms with Crippen LogP contribution in [0.3, 0.4) is 0 Å². The average Bonchev–Trinajstić information content (AvgIpc) is 3.32. The SMILES string of the molecule is CCOc1ccc(-c2nn(CN3CCCC3)c(=S)n2-c2ccccc2)cc1. The van der Waals surface area contributed by atoms with Gasteiger partial charge in [-0.25, -0.2) is 4.68 Å². The molecule has 1 saturated heterocycles. The van der Waals surface area contributed by atoms with Crippen molar-refractivity contribution in [3.8, 4) is 22.8 Å². The lowest BCUT2D eigenvalue weighted by Gasteiger charge is -2.13. The fourth-order valence-corrected chi connectivity index (χ4v) is 3.77. The first-order valence-electron chi connectivity index (χ1n) is 9.47. The van der Waals surface area contributed by atoms with Gasteiger partial charge < -0.3 is 4.74 Å². The first-order chi connectivity index (χ1) is 13.3. The van der Waals surface area contributed by atoms with E-state index >= 15 is 0 Å². The summed E-state index contributed by atoms with van der Waals surface area (Å²) >= 11 is 5.81. The van der Waals surface area contributed by atoms with Crippen molar-refractivity contribution < 1.29 is 4.74 Å². The fraction of sp³-hybridized carbons (Fsp3) is 0.333. The zero-order chi connectivity index (χ0) is 18.6. The van der Waals surface area contributed by atoms with Crippen LogP contribution in [0.4, 0.5) is 0 Å². The van der Waals surface area contributed by atoms with Gasteiger partial charge in [-0.05, 0) is 81.5 Å². The van der Waals surface area contributed by atoms with Crippen LogP contribution in [0.1, 0.15) is 19.8 Å². The van der Waals surface area contributed by atoms with Crippen molar-refractivity contribution >= 4 is 12.2 Å². The van der Waals surface area contributed by atoms with Crippen molar-refractivity contribution in [2.45, 2.75) is 26.4 Å². The first kappa shape index (κ1) is 17.9. The summed E-state index contributed by atoms with van der Waals surface area (Å²) < 4.78 is 10.3. The van der Waals surface area contributed by atoms with E-state index in [9.17, 15) is 0 Å². The van der Waals surface area contributed by atoms with Gasteiger partial charge >= 0.3 is 0 Å². The minimum absolute atomic E-state index is 0.657. The molecule has 0 spiro atoms. The van der Waals surface area contributed by atoms with E-state index in [2.05, 4.69) is 21.6 Å². The van der Waals surface area contributed by atoms with Crippen molar-refractivity contribution in [1.82, 2.24) is 19.2 Å². The van der Waals surface area contributed by atoms with Crippen LogP contribution in [0.5, 0.6) is 5.75 Å². The van der Waals surface area contributed by atoms with Crippen LogP contribution < -0.4 is 4.74 Å². The molecule has 140 valence electrons. The molecule has 4 rings (SSSR count). The number of hydrogen-bond acceptors (Lipinski definition) is 4. The number of para-hydroxylation sites is 1. The van der Waals surface area contributed by atoms with Crippen molar-refractivity contribution in [2.24, 2.45) is 0 Å². The van der Waals surface area contributed by atoms with Crippen LogP contribution in [0.25, 0.3) is 17.1 Å². The van der Waals surface area contributed by atoms with Crippen LogP contribution in [-0.2, 0) is 6.67 Å². The molecule has 6 heteroatoms. The Hall–Kier alpha value is -2.44. The molecule has 0 amide bonds. The van der Waals surface area contributed by atoms with Gasteiger partial charge in [0, 0.05) is 11.3 Å². The van der Waals surface area contributed by atoms with Gasteiger partial charge in [-0.1, -0.05) is 18.2 Å². The van der Waals surface area contributed by atoms with Crippen LogP contribution >= 0.6 is 12.2 Å². The molecule has 0 N–H and O–H groups in total. The van der Waals surface area contributed by atoms with Gasteiger partial charge in [-0.15, -0.1) is 5.10 Å². The van der Waals surface area contributed by atoms with Crippen LogP contribution in [0, 0.1) is 4.77 Å². The Morgan fingerprint density at radius 1 is 1.00 bits per heavy atom. The van der Waals surface area contributed by atoms with Gasteiger partial charge in [-0.2, -0.15) is 0 Å². The molecule has 0 unspecified atom stereocenters. The van der Waals surface area contributed by atoms with Crippen molar-refractivity contribution in [3.05, 3.63) is 59.4 Å². The van der Waals surface area contributed by atoms with Crippen molar-refractivity contribution in [3.63, 3.8) is 0 Å². The summed E-state index contributed by atoms with van der Waals surface area (Å²) in [5.74, 6) is 1.72. The third kappa shape index (κ3) is 3.82. The molecule has 0 atom stereocenters. The Morgan fingerprint density at radius 2 is 1.70 bits per heavy atom. The molecule has 2 heterocycles. The van der Waals surface area contributed by atoms with E-state index in [0.29, 0.717) is 6.61 Å². The molecule has 1 aliphatic rings. The third-order valence-corrected chi connectivity index (χ3v) is 5.20. The maximum atomic E-state index is 5.81. The van der Waals surface area contributed by atoms with E-state index in [4.69, 9.17) is 22.1 Å². The number of rotatable bonds is 6. The van der Waals surface area contributed by atoms with E-state index in [-0.39, 0.29) is 0 Å². The summed E-state index contributed by atoms with van der Waals surface area (Å²) in [6.07, 6.45) is 2.50. The molecule has 0 saturated carbocycles. The lowest BCUT2D eigenvalue weighted by molar-refractivity contribution is 0.253. The normalized spacial score (nSPS) is 14.6. The number of likely N-dealkylation sites (tertiary alicyclic amines) is 1. The van der Waals surface area contributed by atoms with E-state index < -0.39 is 0 Å². The number of nitrogens with zero attached hydrogens (tertiary/aromatic N) is 4.